The summed E-state index contributed by atoms with van der Waals surface area (Å²) in [5.74, 6) is 0.753. The number of unbranched alkanes of at least 4 members (excludes halogenated alkanes) is 1. The third-order valence-corrected chi connectivity index (χ3v) is 2.54. The molecule has 0 bridgehead atoms. The second kappa shape index (κ2) is 4.65. The van der Waals surface area contributed by atoms with Crippen LogP contribution in [0.4, 0.5) is 5.82 Å². The smallest absolute Gasteiger partial charge is 0.226 e. The lowest BCUT2D eigenvalue weighted by atomic mass is 10.3. The van der Waals surface area contributed by atoms with Crippen LogP contribution in [0.3, 0.4) is 0 Å². The Hall–Kier alpha value is -1.36. The zero-order valence-electron chi connectivity index (χ0n) is 9.37. The SMILES string of the molecule is CCCCNc1nc(Cl)nc2ncn(C)c12. The quantitative estimate of drug-likeness (QED) is 0.657. The van der Waals surface area contributed by atoms with E-state index in [2.05, 4.69) is 27.2 Å². The molecule has 6 heteroatoms. The molecule has 0 saturated heterocycles. The molecule has 2 heterocycles. The highest BCUT2D eigenvalue weighted by molar-refractivity contribution is 6.28. The van der Waals surface area contributed by atoms with Gasteiger partial charge in [0.2, 0.25) is 5.28 Å². The Labute approximate surface area is 98.9 Å². The summed E-state index contributed by atoms with van der Waals surface area (Å²) in [6.07, 6.45) is 3.95. The number of aromatic nitrogens is 4. The predicted molar refractivity (Wildman–Crippen MR) is 64.7 cm³/mol. The maximum atomic E-state index is 5.83. The van der Waals surface area contributed by atoms with E-state index in [1.807, 2.05) is 11.6 Å². The molecule has 2 rings (SSSR count). The van der Waals surface area contributed by atoms with Crippen molar-refractivity contribution in [3.8, 4) is 0 Å². The van der Waals surface area contributed by atoms with Crippen LogP contribution < -0.4 is 5.32 Å². The number of hydrogen-bond donors (Lipinski definition) is 1. The number of fused-ring (bicyclic) bond motifs is 1. The minimum Gasteiger partial charge on any atom is -0.368 e. The summed E-state index contributed by atoms with van der Waals surface area (Å²) in [4.78, 5) is 12.4. The van der Waals surface area contributed by atoms with Crippen molar-refractivity contribution >= 4 is 28.6 Å². The minimum absolute atomic E-state index is 0.227. The van der Waals surface area contributed by atoms with Crippen molar-refractivity contribution in [1.29, 1.82) is 0 Å². The number of anilines is 1. The lowest BCUT2D eigenvalue weighted by molar-refractivity contribution is 0.830. The Balaban J connectivity index is 2.37. The van der Waals surface area contributed by atoms with Crippen LogP contribution in [0.5, 0.6) is 0 Å². The molecule has 0 amide bonds. The Morgan fingerprint density at radius 3 is 3.00 bits per heavy atom. The molecule has 0 aliphatic heterocycles. The summed E-state index contributed by atoms with van der Waals surface area (Å²) in [6.45, 7) is 3.03. The fraction of sp³-hybridized carbons (Fsp3) is 0.500. The number of nitrogens with one attached hydrogen (secondary N) is 1. The van der Waals surface area contributed by atoms with E-state index in [0.29, 0.717) is 5.65 Å². The molecule has 0 saturated carbocycles. The number of imidazole rings is 1. The zero-order chi connectivity index (χ0) is 11.5. The van der Waals surface area contributed by atoms with Crippen molar-refractivity contribution in [2.45, 2.75) is 19.8 Å². The third-order valence-electron chi connectivity index (χ3n) is 2.37. The molecule has 16 heavy (non-hydrogen) atoms. The first-order chi connectivity index (χ1) is 7.72. The molecule has 0 unspecified atom stereocenters. The van der Waals surface area contributed by atoms with Crippen LogP contribution in [-0.2, 0) is 7.05 Å². The van der Waals surface area contributed by atoms with Crippen LogP contribution in [0.15, 0.2) is 6.33 Å². The first-order valence-electron chi connectivity index (χ1n) is 5.30. The minimum atomic E-state index is 0.227. The van der Waals surface area contributed by atoms with E-state index in [1.165, 1.54) is 0 Å². The highest BCUT2D eigenvalue weighted by Gasteiger charge is 2.10. The maximum absolute atomic E-state index is 5.83. The van der Waals surface area contributed by atoms with Gasteiger partial charge >= 0.3 is 0 Å². The van der Waals surface area contributed by atoms with Crippen LogP contribution in [0, 0.1) is 0 Å². The number of nitrogens with zero attached hydrogens (tertiary/aromatic N) is 4. The Morgan fingerprint density at radius 1 is 1.44 bits per heavy atom. The van der Waals surface area contributed by atoms with Gasteiger partial charge < -0.3 is 9.88 Å². The van der Waals surface area contributed by atoms with Crippen molar-refractivity contribution < 1.29 is 0 Å². The molecule has 2 aromatic heterocycles. The Bertz CT molecular complexity index is 493. The van der Waals surface area contributed by atoms with Crippen molar-refractivity contribution in [2.75, 3.05) is 11.9 Å². The maximum Gasteiger partial charge on any atom is 0.226 e. The largest absolute Gasteiger partial charge is 0.368 e. The summed E-state index contributed by atoms with van der Waals surface area (Å²) in [5.41, 5.74) is 1.52. The summed E-state index contributed by atoms with van der Waals surface area (Å²) < 4.78 is 1.89. The second-order valence-electron chi connectivity index (χ2n) is 3.65. The van der Waals surface area contributed by atoms with Gasteiger partial charge in [-0.3, -0.25) is 0 Å². The molecule has 0 fully saturated rings. The van der Waals surface area contributed by atoms with Crippen LogP contribution >= 0.6 is 11.6 Å². The van der Waals surface area contributed by atoms with E-state index >= 15 is 0 Å². The molecule has 5 nitrogen and oxygen atoms in total. The van der Waals surface area contributed by atoms with Gasteiger partial charge in [-0.15, -0.1) is 0 Å². The topological polar surface area (TPSA) is 55.6 Å². The van der Waals surface area contributed by atoms with Gasteiger partial charge in [-0.2, -0.15) is 9.97 Å². The van der Waals surface area contributed by atoms with Gasteiger partial charge in [0, 0.05) is 13.6 Å². The van der Waals surface area contributed by atoms with E-state index in [4.69, 9.17) is 11.6 Å². The van der Waals surface area contributed by atoms with Gasteiger partial charge in [-0.1, -0.05) is 13.3 Å². The lowest BCUT2D eigenvalue weighted by Crippen LogP contribution is -2.05. The fourth-order valence-corrected chi connectivity index (χ4v) is 1.70. The summed E-state index contributed by atoms with van der Waals surface area (Å²) in [7, 11) is 1.91. The predicted octanol–water partition coefficient (Wildman–Crippen LogP) is 2.23. The molecule has 86 valence electrons. The van der Waals surface area contributed by atoms with Gasteiger partial charge in [0.15, 0.2) is 11.5 Å². The van der Waals surface area contributed by atoms with E-state index in [9.17, 15) is 0 Å². The number of aryl methyl sites for hydroxylation is 1. The van der Waals surface area contributed by atoms with E-state index in [0.717, 1.165) is 30.7 Å². The molecule has 0 atom stereocenters. The van der Waals surface area contributed by atoms with Gasteiger partial charge in [0.25, 0.3) is 0 Å². The Morgan fingerprint density at radius 2 is 2.25 bits per heavy atom. The molecule has 0 aromatic carbocycles. The van der Waals surface area contributed by atoms with E-state index in [1.54, 1.807) is 6.33 Å². The van der Waals surface area contributed by atoms with Gasteiger partial charge in [0.05, 0.1) is 6.33 Å². The number of rotatable bonds is 4. The van der Waals surface area contributed by atoms with Gasteiger partial charge in [-0.25, -0.2) is 4.98 Å². The van der Waals surface area contributed by atoms with Crippen LogP contribution in [-0.4, -0.2) is 26.1 Å². The second-order valence-corrected chi connectivity index (χ2v) is 3.99. The van der Waals surface area contributed by atoms with E-state index < -0.39 is 0 Å². The monoisotopic (exact) mass is 239 g/mol. The zero-order valence-corrected chi connectivity index (χ0v) is 10.1. The van der Waals surface area contributed by atoms with Crippen molar-refractivity contribution in [3.63, 3.8) is 0 Å². The third kappa shape index (κ3) is 2.09. The van der Waals surface area contributed by atoms with Gasteiger partial charge in [0.1, 0.15) is 5.52 Å². The number of hydrogen-bond acceptors (Lipinski definition) is 4. The molecular weight excluding hydrogens is 226 g/mol. The molecule has 2 aromatic rings. The molecule has 0 aliphatic carbocycles. The Kier molecular flexibility index (Phi) is 3.24. The van der Waals surface area contributed by atoms with Crippen molar-refractivity contribution in [2.24, 2.45) is 7.05 Å². The van der Waals surface area contributed by atoms with Gasteiger partial charge in [-0.05, 0) is 18.0 Å². The summed E-state index contributed by atoms with van der Waals surface area (Å²) in [6, 6.07) is 0. The molecule has 1 N–H and O–H groups in total. The normalized spacial score (nSPS) is 10.9. The van der Waals surface area contributed by atoms with Crippen LogP contribution in [0.1, 0.15) is 19.8 Å². The molecular formula is C10H14ClN5. The average Bonchev–Trinajstić information content (AvgIpc) is 2.60. The first kappa shape index (κ1) is 11.1. The molecule has 0 aliphatic rings. The fourth-order valence-electron chi connectivity index (χ4n) is 1.54. The van der Waals surface area contributed by atoms with E-state index in [-0.39, 0.29) is 5.28 Å². The first-order valence-corrected chi connectivity index (χ1v) is 5.68. The molecule has 0 radical (unpaired) electrons. The summed E-state index contributed by atoms with van der Waals surface area (Å²) in [5, 5.41) is 3.49. The molecule has 0 spiro atoms. The van der Waals surface area contributed by atoms with Crippen molar-refractivity contribution in [1.82, 2.24) is 19.5 Å². The summed E-state index contributed by atoms with van der Waals surface area (Å²) >= 11 is 5.83. The number of halogens is 1. The lowest BCUT2D eigenvalue weighted by Gasteiger charge is -2.06. The van der Waals surface area contributed by atoms with Crippen molar-refractivity contribution in [3.05, 3.63) is 11.6 Å². The highest BCUT2D eigenvalue weighted by Crippen LogP contribution is 2.20. The average molecular weight is 240 g/mol. The highest BCUT2D eigenvalue weighted by atomic mass is 35.5. The van der Waals surface area contributed by atoms with Crippen LogP contribution in [0.25, 0.3) is 11.2 Å². The van der Waals surface area contributed by atoms with Crippen LogP contribution in [0.2, 0.25) is 5.28 Å². The standard InChI is InChI=1S/C10H14ClN5/c1-3-4-5-12-8-7-9(13-6-16(7)2)15-10(11)14-8/h6H,3-5H2,1-2H3,(H,12,14,15).